The molecule has 0 amide bonds. The van der Waals surface area contributed by atoms with Gasteiger partial charge in [0.15, 0.2) is 0 Å². The van der Waals surface area contributed by atoms with E-state index in [0.717, 1.165) is 186 Å². The molecule has 0 unspecified atom stereocenters. The van der Waals surface area contributed by atoms with E-state index < -0.39 is 7.12 Å². The number of para-hydroxylation sites is 3. The third kappa shape index (κ3) is 11.1. The van der Waals surface area contributed by atoms with E-state index in [1.165, 1.54) is 0 Å². The van der Waals surface area contributed by atoms with Crippen LogP contribution >= 0.6 is 31.9 Å². The summed E-state index contributed by atoms with van der Waals surface area (Å²) in [6, 6.07) is 101. The summed E-state index contributed by atoms with van der Waals surface area (Å²) in [6.07, 6.45) is 0. The molecule has 0 spiro atoms. The molecule has 0 fully saturated rings. The fourth-order valence-corrected chi connectivity index (χ4v) is 13.3. The van der Waals surface area contributed by atoms with Gasteiger partial charge in [-0.2, -0.15) is 0 Å². The van der Waals surface area contributed by atoms with Crippen molar-refractivity contribution in [2.24, 2.45) is 0 Å². The Morgan fingerprint density at radius 2 is 0.500 bits per heavy atom. The SMILES string of the molecule is Brc1ccc(-c2ccc3ccc4ccc(-c5ccc(Br)cc5)nc4c3n2)cc1.OB(O)c1ccc2oc3ccccc3c2c1.c1ccc2c(c1)oc1ccc(-c3ccc(-c4ccc5ccc6ccc(-c7ccc(-c8ccc9oc%10ccccc%10c9c8)cc7)nc6c5n4)cc3)cc12. The quantitative estimate of drug-likeness (QED) is 0.118. The Balaban J connectivity index is 0.000000131. The van der Waals surface area contributed by atoms with Crippen molar-refractivity contribution in [1.82, 2.24) is 19.9 Å². The van der Waals surface area contributed by atoms with Crippen LogP contribution in [0.15, 0.2) is 319 Å². The molecular weight excluding hydrogens is 1320 g/mol. The monoisotopic (exact) mass is 1360 g/mol. The van der Waals surface area contributed by atoms with Crippen molar-refractivity contribution in [3.8, 4) is 67.3 Å². The smallest absolute Gasteiger partial charge is 0.456 e. The van der Waals surface area contributed by atoms with Gasteiger partial charge in [0.2, 0.25) is 0 Å². The number of halogens is 2. The summed E-state index contributed by atoms with van der Waals surface area (Å²) in [6.45, 7) is 0. The molecule has 0 saturated carbocycles. The maximum Gasteiger partial charge on any atom is 0.488 e. The summed E-state index contributed by atoms with van der Waals surface area (Å²) < 4.78 is 19.8. The Hall–Kier alpha value is -11.4. The lowest BCUT2D eigenvalue weighted by molar-refractivity contribution is 0.426. The molecule has 19 rings (SSSR count). The number of furan rings is 3. The molecule has 2 N–H and O–H groups in total. The highest BCUT2D eigenvalue weighted by molar-refractivity contribution is 9.10. The van der Waals surface area contributed by atoms with E-state index in [0.29, 0.717) is 5.46 Å². The Kier molecular flexibility index (Phi) is 14.9. The topological polar surface area (TPSA) is 131 Å². The van der Waals surface area contributed by atoms with Crippen LogP contribution in [0.25, 0.3) is 177 Å². The average Bonchev–Trinajstić information content (AvgIpc) is 1.32. The Bertz CT molecular complexity index is 5890. The molecule has 9 nitrogen and oxygen atoms in total. The lowest BCUT2D eigenvalue weighted by Crippen LogP contribution is -2.29. The van der Waals surface area contributed by atoms with Crippen molar-refractivity contribution < 1.29 is 23.3 Å². The van der Waals surface area contributed by atoms with Gasteiger partial charge in [0.1, 0.15) is 33.5 Å². The third-order valence-electron chi connectivity index (χ3n) is 17.8. The number of aromatic nitrogens is 4. The molecule has 0 saturated heterocycles. The Labute approximate surface area is 566 Å². The number of fused-ring (bicyclic) bond motifs is 15. The first-order chi connectivity index (χ1) is 47.1. The molecule has 12 heteroatoms. The minimum Gasteiger partial charge on any atom is -0.456 e. The normalized spacial score (nSPS) is 11.5. The van der Waals surface area contributed by atoms with Crippen molar-refractivity contribution in [3.63, 3.8) is 0 Å². The highest BCUT2D eigenvalue weighted by Crippen LogP contribution is 2.38. The minimum absolute atomic E-state index is 0.471. The second-order valence-electron chi connectivity index (χ2n) is 23.7. The van der Waals surface area contributed by atoms with Crippen LogP contribution in [-0.2, 0) is 0 Å². The van der Waals surface area contributed by atoms with Crippen LogP contribution in [-0.4, -0.2) is 37.1 Å². The van der Waals surface area contributed by atoms with Crippen molar-refractivity contribution in [3.05, 3.63) is 306 Å². The van der Waals surface area contributed by atoms with Gasteiger partial charge in [-0.15, -0.1) is 0 Å². The zero-order chi connectivity index (χ0) is 64.4. The van der Waals surface area contributed by atoms with Crippen LogP contribution in [0.5, 0.6) is 0 Å². The molecule has 0 bridgehead atoms. The number of benzene rings is 12. The third-order valence-corrected chi connectivity index (χ3v) is 18.9. The van der Waals surface area contributed by atoms with Crippen LogP contribution in [0, 0.1) is 0 Å². The van der Waals surface area contributed by atoms with Crippen LogP contribution in [0.3, 0.4) is 0 Å². The van der Waals surface area contributed by atoms with E-state index in [2.05, 4.69) is 238 Å². The standard InChI is InChI=1S/C48H28N2O2.C24H14Br2N2.C12H9BO3/c1-3-7-43-37(5-1)39-27-35(21-25-45(39)51-43)29-9-13-31(14-10-29)41-23-19-33-17-18-34-20-24-42(50-48(34)47(33)49-41)32-15-11-30(12-16-32)36-22-26-46-40(28-36)38-6-2-4-8-44(38)52-46;25-19-9-3-15(4-10-19)21-13-7-17-1-2-18-8-14-22(28-24(18)23(17)27-21)16-5-11-20(26)12-6-16;14-13(15)8-5-6-12-10(7-8)9-3-1-2-4-11(9)16-12/h1-28H;1-14H;1-7,14-15H. The Morgan fingerprint density at radius 1 is 0.240 bits per heavy atom. The number of pyridine rings is 4. The Morgan fingerprint density at radius 3 is 0.833 bits per heavy atom. The van der Waals surface area contributed by atoms with Crippen LogP contribution in [0.2, 0.25) is 0 Å². The fourth-order valence-electron chi connectivity index (χ4n) is 12.8. The van der Waals surface area contributed by atoms with Crippen molar-refractivity contribution in [2.75, 3.05) is 0 Å². The molecule has 0 atom stereocenters. The van der Waals surface area contributed by atoms with E-state index >= 15 is 0 Å². The number of rotatable bonds is 7. The van der Waals surface area contributed by atoms with Crippen molar-refractivity contribution >= 4 is 154 Å². The van der Waals surface area contributed by atoms with E-state index in [4.69, 9.17) is 43.2 Å². The molecule has 7 heterocycles. The molecule has 0 aliphatic rings. The highest BCUT2D eigenvalue weighted by Gasteiger charge is 2.17. The molecule has 0 aliphatic carbocycles. The lowest BCUT2D eigenvalue weighted by atomic mass is 9.80. The molecule has 0 aliphatic heterocycles. The average molecular weight is 1370 g/mol. The van der Waals surface area contributed by atoms with Gasteiger partial charge in [-0.1, -0.05) is 232 Å². The second-order valence-corrected chi connectivity index (χ2v) is 25.5. The molecular formula is C84H51BBr2N4O5. The van der Waals surface area contributed by atoms with E-state index in [9.17, 15) is 0 Å². The molecule has 7 aromatic heterocycles. The molecule has 96 heavy (non-hydrogen) atoms. The zero-order valence-electron chi connectivity index (χ0n) is 51.0. The summed E-state index contributed by atoms with van der Waals surface area (Å²) in [5.74, 6) is 0. The van der Waals surface area contributed by atoms with Gasteiger partial charge in [0.25, 0.3) is 0 Å². The van der Waals surface area contributed by atoms with Gasteiger partial charge < -0.3 is 23.3 Å². The largest absolute Gasteiger partial charge is 0.488 e. The summed E-state index contributed by atoms with van der Waals surface area (Å²) in [5.41, 5.74) is 21.9. The van der Waals surface area contributed by atoms with Gasteiger partial charge in [0.05, 0.1) is 44.8 Å². The van der Waals surface area contributed by atoms with Crippen molar-refractivity contribution in [1.29, 1.82) is 0 Å². The van der Waals surface area contributed by atoms with Crippen molar-refractivity contribution in [2.45, 2.75) is 0 Å². The van der Waals surface area contributed by atoms with Crippen LogP contribution in [0.1, 0.15) is 0 Å². The van der Waals surface area contributed by atoms with Gasteiger partial charge in [-0.05, 0) is 125 Å². The highest BCUT2D eigenvalue weighted by atomic mass is 79.9. The molecule has 0 radical (unpaired) electrons. The summed E-state index contributed by atoms with van der Waals surface area (Å²) in [5, 5.41) is 29.0. The first-order valence-corrected chi connectivity index (χ1v) is 33.0. The first-order valence-electron chi connectivity index (χ1n) is 31.4. The van der Waals surface area contributed by atoms with Crippen LogP contribution in [0.4, 0.5) is 0 Å². The molecule has 19 aromatic rings. The maximum absolute atomic E-state index is 9.12. The summed E-state index contributed by atoms with van der Waals surface area (Å²) in [7, 11) is -1.45. The number of hydrogen-bond donors (Lipinski definition) is 2. The van der Waals surface area contributed by atoms with E-state index in [-0.39, 0.29) is 0 Å². The lowest BCUT2D eigenvalue weighted by Gasteiger charge is -2.09. The van der Waals surface area contributed by atoms with Gasteiger partial charge in [-0.25, -0.2) is 19.9 Å². The predicted octanol–water partition coefficient (Wildman–Crippen LogP) is 22.2. The summed E-state index contributed by atoms with van der Waals surface area (Å²) in [4.78, 5) is 20.3. The van der Waals surface area contributed by atoms with Gasteiger partial charge in [0, 0.05) is 85.1 Å². The number of nitrogens with zero attached hydrogens (tertiary/aromatic N) is 4. The number of hydrogen-bond acceptors (Lipinski definition) is 9. The minimum atomic E-state index is -1.45. The van der Waals surface area contributed by atoms with Crippen LogP contribution < -0.4 is 5.46 Å². The predicted molar refractivity (Wildman–Crippen MR) is 400 cm³/mol. The fraction of sp³-hybridized carbons (Fsp3) is 0. The molecule has 12 aromatic carbocycles. The second kappa shape index (κ2) is 24.5. The first kappa shape index (κ1) is 58.4. The zero-order valence-corrected chi connectivity index (χ0v) is 54.2. The van der Waals surface area contributed by atoms with Gasteiger partial charge in [-0.3, -0.25) is 0 Å². The molecule has 454 valence electrons. The van der Waals surface area contributed by atoms with Gasteiger partial charge >= 0.3 is 7.12 Å². The van der Waals surface area contributed by atoms with E-state index in [1.54, 1.807) is 18.2 Å². The van der Waals surface area contributed by atoms with E-state index in [1.807, 2.05) is 72.8 Å². The summed E-state index contributed by atoms with van der Waals surface area (Å²) >= 11 is 6.98. The maximum atomic E-state index is 9.12.